The Labute approximate surface area is 177 Å². The van der Waals surface area contributed by atoms with E-state index in [9.17, 15) is 39.6 Å². The second-order valence-corrected chi connectivity index (χ2v) is 9.72. The molecule has 0 radical (unpaired) electrons. The minimum Gasteiger partial charge on any atom is -0.335 e. The van der Waals surface area contributed by atoms with Gasteiger partial charge in [-0.15, -0.1) is 11.3 Å². The van der Waals surface area contributed by atoms with Crippen molar-refractivity contribution in [3.05, 3.63) is 51.2 Å². The van der Waals surface area contributed by atoms with Crippen molar-refractivity contribution in [3.63, 3.8) is 0 Å². The van der Waals surface area contributed by atoms with Gasteiger partial charge in [-0.25, -0.2) is 8.42 Å². The first-order valence-corrected chi connectivity index (χ1v) is 11.2. The lowest BCUT2D eigenvalue weighted by Gasteiger charge is -2.34. The number of nitrogens with zero attached hydrogens (tertiary/aromatic N) is 2. The van der Waals surface area contributed by atoms with Crippen LogP contribution in [0.3, 0.4) is 0 Å². The summed E-state index contributed by atoms with van der Waals surface area (Å²) in [5, 5.41) is 1.73. The number of aryl methyl sites for hydroxylation is 1. The average Bonchev–Trinajstić information content (AvgIpc) is 3.11. The van der Waals surface area contributed by atoms with Crippen molar-refractivity contribution >= 4 is 27.3 Å². The third-order valence-corrected chi connectivity index (χ3v) is 7.66. The van der Waals surface area contributed by atoms with Gasteiger partial charge in [0.05, 0.1) is 20.9 Å². The monoisotopic (exact) mass is 486 g/mol. The number of benzene rings is 1. The van der Waals surface area contributed by atoms with E-state index in [-0.39, 0.29) is 50.3 Å². The minimum absolute atomic E-state index is 0.0412. The molecule has 2 heterocycles. The molecule has 0 aliphatic carbocycles. The topological polar surface area (TPSA) is 57.7 Å². The molecule has 170 valence electrons. The summed E-state index contributed by atoms with van der Waals surface area (Å²) in [5.74, 6) is -0.303. The van der Waals surface area contributed by atoms with Gasteiger partial charge in [0.15, 0.2) is 0 Å². The SMILES string of the molecule is Cc1ccsc1C(=O)N1CCN(S(=O)(=O)c2cc(C(F)(F)F)cc(C(F)(F)F)c2)CC1. The Hall–Kier alpha value is -2.12. The van der Waals surface area contributed by atoms with Crippen molar-refractivity contribution in [2.45, 2.75) is 24.2 Å². The van der Waals surface area contributed by atoms with Crippen molar-refractivity contribution in [3.8, 4) is 0 Å². The Balaban J connectivity index is 1.86. The summed E-state index contributed by atoms with van der Waals surface area (Å²) in [6.45, 7) is 1.16. The van der Waals surface area contributed by atoms with Crippen LogP contribution in [0, 0.1) is 6.92 Å². The lowest BCUT2D eigenvalue weighted by Crippen LogP contribution is -2.50. The number of hydrogen-bond donors (Lipinski definition) is 0. The molecule has 3 rings (SSSR count). The number of rotatable bonds is 3. The number of sulfonamides is 1. The molecule has 1 saturated heterocycles. The van der Waals surface area contributed by atoms with Gasteiger partial charge in [-0.1, -0.05) is 0 Å². The first-order valence-electron chi connectivity index (χ1n) is 8.84. The fourth-order valence-corrected chi connectivity index (χ4v) is 5.48. The second-order valence-electron chi connectivity index (χ2n) is 6.87. The standard InChI is InChI=1S/C18H16F6N2O3S2/c1-11-2-7-30-15(11)16(27)25-3-5-26(6-4-25)31(28,29)14-9-12(17(19,20)21)8-13(10-14)18(22,23)24/h2,7-10H,3-6H2,1H3. The van der Waals surface area contributed by atoms with Crippen LogP contribution in [-0.4, -0.2) is 49.7 Å². The lowest BCUT2D eigenvalue weighted by atomic mass is 10.1. The molecule has 0 spiro atoms. The minimum atomic E-state index is -5.16. The van der Waals surface area contributed by atoms with Crippen LogP contribution in [0.15, 0.2) is 34.5 Å². The molecule has 0 atom stereocenters. The van der Waals surface area contributed by atoms with E-state index in [0.29, 0.717) is 4.88 Å². The summed E-state index contributed by atoms with van der Waals surface area (Å²) in [6, 6.07) is 2.01. The first kappa shape index (κ1) is 23.5. The first-order chi connectivity index (χ1) is 14.2. The van der Waals surface area contributed by atoms with Gasteiger partial charge in [-0.05, 0) is 42.1 Å². The molecular formula is C18H16F6N2O3S2. The van der Waals surface area contributed by atoms with Gasteiger partial charge < -0.3 is 4.90 Å². The predicted octanol–water partition coefficient (Wildman–Crippen LogP) is 4.24. The maximum absolute atomic E-state index is 13.1. The maximum atomic E-state index is 13.1. The number of carbonyl (C=O) groups is 1. The summed E-state index contributed by atoms with van der Waals surface area (Å²) >= 11 is 1.23. The van der Waals surface area contributed by atoms with Crippen molar-refractivity contribution in [2.75, 3.05) is 26.2 Å². The molecule has 1 aliphatic rings. The second kappa shape index (κ2) is 8.10. The number of hydrogen-bond acceptors (Lipinski definition) is 4. The highest BCUT2D eigenvalue weighted by atomic mass is 32.2. The van der Waals surface area contributed by atoms with Crippen LogP contribution in [-0.2, 0) is 22.4 Å². The predicted molar refractivity (Wildman–Crippen MR) is 100 cm³/mol. The maximum Gasteiger partial charge on any atom is 0.416 e. The summed E-state index contributed by atoms with van der Waals surface area (Å²) in [7, 11) is -4.64. The third kappa shape index (κ3) is 4.88. The molecule has 0 unspecified atom stereocenters. The Morgan fingerprint density at radius 3 is 1.87 bits per heavy atom. The van der Waals surface area contributed by atoms with Crippen LogP contribution in [0.25, 0.3) is 0 Å². The molecule has 1 aliphatic heterocycles. The highest BCUT2D eigenvalue weighted by Crippen LogP contribution is 2.38. The van der Waals surface area contributed by atoms with Crippen LogP contribution in [0.1, 0.15) is 26.4 Å². The number of alkyl halides is 6. The molecule has 1 fully saturated rings. The van der Waals surface area contributed by atoms with E-state index >= 15 is 0 Å². The molecule has 31 heavy (non-hydrogen) atoms. The van der Waals surface area contributed by atoms with E-state index in [1.165, 1.54) is 16.2 Å². The Bertz CT molecular complexity index is 1050. The average molecular weight is 486 g/mol. The normalized spacial score (nSPS) is 16.5. The fourth-order valence-electron chi connectivity index (χ4n) is 3.09. The van der Waals surface area contributed by atoms with E-state index in [1.54, 1.807) is 18.4 Å². The highest BCUT2D eigenvalue weighted by Gasteiger charge is 2.39. The van der Waals surface area contributed by atoms with Gasteiger partial charge >= 0.3 is 12.4 Å². The summed E-state index contributed by atoms with van der Waals surface area (Å²) in [5.41, 5.74) is -2.65. The van der Waals surface area contributed by atoms with Crippen LogP contribution in [0.2, 0.25) is 0 Å². The number of carbonyl (C=O) groups excluding carboxylic acids is 1. The Kier molecular flexibility index (Phi) is 6.15. The molecule has 0 saturated carbocycles. The summed E-state index contributed by atoms with van der Waals surface area (Å²) in [4.78, 5) is 13.3. The van der Waals surface area contributed by atoms with Crippen molar-refractivity contribution in [1.82, 2.24) is 9.21 Å². The smallest absolute Gasteiger partial charge is 0.335 e. The van der Waals surface area contributed by atoms with E-state index < -0.39 is 38.4 Å². The van der Waals surface area contributed by atoms with E-state index in [4.69, 9.17) is 0 Å². The molecule has 1 aromatic carbocycles. The van der Waals surface area contributed by atoms with Crippen LogP contribution >= 0.6 is 11.3 Å². The molecule has 1 amide bonds. The van der Waals surface area contributed by atoms with Gasteiger partial charge in [0.25, 0.3) is 5.91 Å². The van der Waals surface area contributed by atoms with Gasteiger partial charge in [0.1, 0.15) is 0 Å². The van der Waals surface area contributed by atoms with Gasteiger partial charge in [0.2, 0.25) is 10.0 Å². The lowest BCUT2D eigenvalue weighted by molar-refractivity contribution is -0.143. The van der Waals surface area contributed by atoms with E-state index in [1.807, 2.05) is 0 Å². The molecule has 13 heteroatoms. The van der Waals surface area contributed by atoms with Gasteiger partial charge in [0, 0.05) is 26.2 Å². The molecular weight excluding hydrogens is 470 g/mol. The molecule has 0 N–H and O–H groups in total. The number of thiophene rings is 1. The zero-order chi connectivity index (χ0) is 23.2. The summed E-state index contributed by atoms with van der Waals surface area (Å²) in [6.07, 6.45) is -10.3. The Morgan fingerprint density at radius 2 is 1.45 bits per heavy atom. The molecule has 0 bridgehead atoms. The molecule has 2 aromatic rings. The van der Waals surface area contributed by atoms with Crippen LogP contribution < -0.4 is 0 Å². The van der Waals surface area contributed by atoms with E-state index in [2.05, 4.69) is 0 Å². The quantitative estimate of drug-likeness (QED) is 0.610. The zero-order valence-corrected chi connectivity index (χ0v) is 17.6. The molecule has 5 nitrogen and oxygen atoms in total. The zero-order valence-electron chi connectivity index (χ0n) is 15.9. The third-order valence-electron chi connectivity index (χ3n) is 4.78. The van der Waals surface area contributed by atoms with Crippen LogP contribution in [0.5, 0.6) is 0 Å². The van der Waals surface area contributed by atoms with E-state index in [0.717, 1.165) is 9.87 Å². The largest absolute Gasteiger partial charge is 0.416 e. The van der Waals surface area contributed by atoms with Gasteiger partial charge in [-0.3, -0.25) is 4.79 Å². The van der Waals surface area contributed by atoms with Crippen molar-refractivity contribution in [1.29, 1.82) is 0 Å². The fraction of sp³-hybridized carbons (Fsp3) is 0.389. The molecule has 1 aromatic heterocycles. The highest BCUT2D eigenvalue weighted by molar-refractivity contribution is 7.89. The van der Waals surface area contributed by atoms with Crippen molar-refractivity contribution < 1.29 is 39.6 Å². The van der Waals surface area contributed by atoms with Crippen molar-refractivity contribution in [2.24, 2.45) is 0 Å². The Morgan fingerprint density at radius 1 is 0.935 bits per heavy atom. The number of amides is 1. The van der Waals surface area contributed by atoms with Crippen LogP contribution in [0.4, 0.5) is 26.3 Å². The number of halogens is 6. The number of piperazine rings is 1. The van der Waals surface area contributed by atoms with Gasteiger partial charge in [-0.2, -0.15) is 30.6 Å². The summed E-state index contributed by atoms with van der Waals surface area (Å²) < 4.78 is 105.